The van der Waals surface area contributed by atoms with E-state index in [1.807, 2.05) is 14.1 Å². The monoisotopic (exact) mass is 293 g/mol. The first-order chi connectivity index (χ1) is 8.54. The second kappa shape index (κ2) is 9.53. The quantitative estimate of drug-likeness (QED) is 0.680. The van der Waals surface area contributed by atoms with Crippen molar-refractivity contribution in [2.75, 3.05) is 40.4 Å². The van der Waals surface area contributed by atoms with Gasteiger partial charge in [0.15, 0.2) is 0 Å². The molecule has 19 heavy (non-hydrogen) atoms. The average Bonchev–Trinajstić information content (AvgIpc) is 2.34. The van der Waals surface area contributed by atoms with Crippen molar-refractivity contribution in [1.82, 2.24) is 10.2 Å². The zero-order valence-electron chi connectivity index (χ0n) is 12.1. The number of likely N-dealkylation sites (N-methyl/N-ethyl adjacent to an activating group) is 1. The summed E-state index contributed by atoms with van der Waals surface area (Å²) in [5, 5.41) is 2.88. The van der Waals surface area contributed by atoms with Crippen molar-refractivity contribution < 1.29 is 9.53 Å². The molecule has 0 heterocycles. The van der Waals surface area contributed by atoms with Gasteiger partial charge in [0, 0.05) is 13.1 Å². The van der Waals surface area contributed by atoms with E-state index in [1.165, 1.54) is 6.42 Å². The van der Waals surface area contributed by atoms with E-state index >= 15 is 0 Å². The van der Waals surface area contributed by atoms with Gasteiger partial charge in [-0.05, 0) is 26.9 Å². The van der Waals surface area contributed by atoms with E-state index in [0.717, 1.165) is 32.2 Å². The summed E-state index contributed by atoms with van der Waals surface area (Å²) in [6.07, 6.45) is 4.92. The molecule has 114 valence electrons. The van der Waals surface area contributed by atoms with Crippen LogP contribution in [0.4, 0.5) is 0 Å². The van der Waals surface area contributed by atoms with Crippen LogP contribution in [0, 0.1) is 0 Å². The summed E-state index contributed by atoms with van der Waals surface area (Å²) >= 11 is 0. The van der Waals surface area contributed by atoms with Crippen LogP contribution < -0.4 is 11.1 Å². The van der Waals surface area contributed by atoms with Gasteiger partial charge in [0.2, 0.25) is 5.91 Å². The highest BCUT2D eigenvalue weighted by atomic mass is 35.5. The molecule has 1 aliphatic carbocycles. The number of nitrogens with zero attached hydrogens (tertiary/aromatic N) is 1. The van der Waals surface area contributed by atoms with E-state index in [2.05, 4.69) is 10.2 Å². The molecule has 6 heteroatoms. The Kier molecular flexibility index (Phi) is 9.35. The number of hydrogen-bond donors (Lipinski definition) is 2. The fourth-order valence-electron chi connectivity index (χ4n) is 2.17. The Labute approximate surface area is 122 Å². The van der Waals surface area contributed by atoms with Gasteiger partial charge in [0.1, 0.15) is 0 Å². The molecular formula is C13H28ClN3O2. The molecule has 0 aromatic rings. The van der Waals surface area contributed by atoms with Crippen LogP contribution in [0.3, 0.4) is 0 Å². The van der Waals surface area contributed by atoms with Crippen LogP contribution >= 0.6 is 12.4 Å². The van der Waals surface area contributed by atoms with Gasteiger partial charge in [-0.3, -0.25) is 4.79 Å². The van der Waals surface area contributed by atoms with Crippen molar-refractivity contribution in [2.24, 2.45) is 5.73 Å². The number of nitrogens with one attached hydrogen (secondary N) is 1. The molecular weight excluding hydrogens is 266 g/mol. The van der Waals surface area contributed by atoms with Gasteiger partial charge >= 0.3 is 0 Å². The Morgan fingerprint density at radius 1 is 1.26 bits per heavy atom. The van der Waals surface area contributed by atoms with E-state index < -0.39 is 5.54 Å². The second-order valence-corrected chi connectivity index (χ2v) is 5.39. The third kappa shape index (κ3) is 7.11. The maximum absolute atomic E-state index is 12.0. The molecule has 0 bridgehead atoms. The summed E-state index contributed by atoms with van der Waals surface area (Å²) < 4.78 is 5.42. The van der Waals surface area contributed by atoms with Gasteiger partial charge in [0.05, 0.1) is 18.8 Å². The van der Waals surface area contributed by atoms with Gasteiger partial charge in [-0.15, -0.1) is 12.4 Å². The van der Waals surface area contributed by atoms with Gasteiger partial charge in [-0.1, -0.05) is 19.3 Å². The number of ether oxygens (including phenoxy) is 1. The molecule has 0 aliphatic heterocycles. The summed E-state index contributed by atoms with van der Waals surface area (Å²) in [5.74, 6) is -0.0154. The van der Waals surface area contributed by atoms with Gasteiger partial charge in [-0.2, -0.15) is 0 Å². The number of carbonyl (C=O) groups is 1. The molecule has 1 rings (SSSR count). The van der Waals surface area contributed by atoms with Crippen LogP contribution in [0.15, 0.2) is 0 Å². The first-order valence-corrected chi connectivity index (χ1v) is 6.84. The van der Waals surface area contributed by atoms with Crippen molar-refractivity contribution in [3.8, 4) is 0 Å². The summed E-state index contributed by atoms with van der Waals surface area (Å²) in [4.78, 5) is 14.0. The van der Waals surface area contributed by atoms with Crippen LogP contribution in [-0.2, 0) is 9.53 Å². The number of hydrogen-bond acceptors (Lipinski definition) is 4. The van der Waals surface area contributed by atoms with Crippen molar-refractivity contribution in [3.63, 3.8) is 0 Å². The minimum atomic E-state index is -0.637. The molecule has 1 aliphatic rings. The molecule has 1 fully saturated rings. The lowest BCUT2D eigenvalue weighted by atomic mass is 9.82. The Morgan fingerprint density at radius 2 is 1.89 bits per heavy atom. The van der Waals surface area contributed by atoms with Crippen molar-refractivity contribution in [3.05, 3.63) is 0 Å². The predicted molar refractivity (Wildman–Crippen MR) is 79.6 cm³/mol. The highest BCUT2D eigenvalue weighted by molar-refractivity contribution is 5.86. The lowest BCUT2D eigenvalue weighted by molar-refractivity contribution is -0.127. The Bertz CT molecular complexity index is 256. The van der Waals surface area contributed by atoms with Crippen LogP contribution in [-0.4, -0.2) is 56.7 Å². The van der Waals surface area contributed by atoms with Gasteiger partial charge in [-0.25, -0.2) is 0 Å². The smallest absolute Gasteiger partial charge is 0.240 e. The average molecular weight is 294 g/mol. The minimum Gasteiger partial charge on any atom is -0.378 e. The Morgan fingerprint density at radius 3 is 2.47 bits per heavy atom. The standard InChI is InChI=1S/C13H27N3O2.ClH/c1-16(2)9-11-18-10-8-15-12(17)13(14)6-4-3-5-7-13;/h3-11,14H2,1-2H3,(H,15,17);1H. The van der Waals surface area contributed by atoms with Gasteiger partial charge < -0.3 is 20.7 Å². The SMILES string of the molecule is CN(C)CCOCCNC(=O)C1(N)CCCCC1.Cl. The van der Waals surface area contributed by atoms with E-state index in [4.69, 9.17) is 10.5 Å². The van der Waals surface area contributed by atoms with Crippen LogP contribution in [0.2, 0.25) is 0 Å². The highest BCUT2D eigenvalue weighted by Crippen LogP contribution is 2.25. The second-order valence-electron chi connectivity index (χ2n) is 5.39. The van der Waals surface area contributed by atoms with Crippen LogP contribution in [0.5, 0.6) is 0 Å². The molecule has 0 aromatic heterocycles. The summed E-state index contributed by atoms with van der Waals surface area (Å²) in [7, 11) is 4.01. The normalized spacial score (nSPS) is 17.9. The van der Waals surface area contributed by atoms with Gasteiger partial charge in [0.25, 0.3) is 0 Å². The fraction of sp³-hybridized carbons (Fsp3) is 0.923. The van der Waals surface area contributed by atoms with E-state index in [9.17, 15) is 4.79 Å². The third-order valence-corrected chi connectivity index (χ3v) is 3.41. The molecule has 0 aromatic carbocycles. The highest BCUT2D eigenvalue weighted by Gasteiger charge is 2.34. The summed E-state index contributed by atoms with van der Waals surface area (Å²) in [6.45, 7) is 2.69. The first-order valence-electron chi connectivity index (χ1n) is 6.84. The zero-order valence-corrected chi connectivity index (χ0v) is 12.9. The number of carbonyl (C=O) groups excluding carboxylic acids is 1. The molecule has 1 saturated carbocycles. The maximum atomic E-state index is 12.0. The van der Waals surface area contributed by atoms with Crippen molar-refractivity contribution >= 4 is 18.3 Å². The van der Waals surface area contributed by atoms with E-state index in [1.54, 1.807) is 0 Å². The van der Waals surface area contributed by atoms with Crippen LogP contribution in [0.25, 0.3) is 0 Å². The van der Waals surface area contributed by atoms with Crippen molar-refractivity contribution in [1.29, 1.82) is 0 Å². The maximum Gasteiger partial charge on any atom is 0.240 e. The minimum absolute atomic E-state index is 0. The largest absolute Gasteiger partial charge is 0.378 e. The number of amides is 1. The van der Waals surface area contributed by atoms with E-state index in [0.29, 0.717) is 19.8 Å². The molecule has 3 N–H and O–H groups in total. The summed E-state index contributed by atoms with van der Waals surface area (Å²) in [6, 6.07) is 0. The lowest BCUT2D eigenvalue weighted by Crippen LogP contribution is -2.55. The molecule has 0 saturated heterocycles. The zero-order chi connectivity index (χ0) is 13.4. The molecule has 0 radical (unpaired) electrons. The third-order valence-electron chi connectivity index (χ3n) is 3.41. The lowest BCUT2D eigenvalue weighted by Gasteiger charge is -2.31. The van der Waals surface area contributed by atoms with Crippen LogP contribution in [0.1, 0.15) is 32.1 Å². The Hall–Kier alpha value is -0.360. The van der Waals surface area contributed by atoms with Crippen molar-refractivity contribution in [2.45, 2.75) is 37.6 Å². The molecule has 0 unspecified atom stereocenters. The first kappa shape index (κ1) is 18.6. The molecule has 0 atom stereocenters. The Balaban J connectivity index is 0.00000324. The summed E-state index contributed by atoms with van der Waals surface area (Å²) in [5.41, 5.74) is 5.49. The number of halogens is 1. The van der Waals surface area contributed by atoms with E-state index in [-0.39, 0.29) is 18.3 Å². The fourth-order valence-corrected chi connectivity index (χ4v) is 2.17. The number of rotatable bonds is 7. The topological polar surface area (TPSA) is 67.6 Å². The molecule has 0 spiro atoms. The number of nitrogens with two attached hydrogens (primary N) is 1. The predicted octanol–water partition coefficient (Wildman–Crippen LogP) is 0.764. The molecule has 5 nitrogen and oxygen atoms in total. The molecule has 1 amide bonds.